The van der Waals surface area contributed by atoms with E-state index in [0.717, 1.165) is 30.4 Å². The van der Waals surface area contributed by atoms with E-state index in [1.165, 1.54) is 0 Å². The molecular formula is C20H26N2O. The largest absolute Gasteiger partial charge is 0.330 e. The Bertz CT molecular complexity index is 544. The lowest BCUT2D eigenvalue weighted by atomic mass is 9.85. The molecule has 0 aliphatic rings. The van der Waals surface area contributed by atoms with E-state index in [0.29, 0.717) is 13.0 Å². The van der Waals surface area contributed by atoms with Crippen LogP contribution in [0, 0.1) is 0 Å². The summed E-state index contributed by atoms with van der Waals surface area (Å²) in [5.41, 5.74) is 13.7. The van der Waals surface area contributed by atoms with Crippen LogP contribution in [0.25, 0.3) is 0 Å². The summed E-state index contributed by atoms with van der Waals surface area (Å²) in [7, 11) is 0. The van der Waals surface area contributed by atoms with E-state index in [9.17, 15) is 4.79 Å². The first-order valence-electron chi connectivity index (χ1n) is 8.30. The zero-order valence-corrected chi connectivity index (χ0v) is 13.5. The third-order valence-corrected chi connectivity index (χ3v) is 4.13. The molecule has 2 rings (SSSR count). The summed E-state index contributed by atoms with van der Waals surface area (Å²) in [6.07, 6.45) is 3.01. The van der Waals surface area contributed by atoms with Gasteiger partial charge in [-0.05, 0) is 36.9 Å². The Labute approximate surface area is 138 Å². The van der Waals surface area contributed by atoms with Crippen molar-refractivity contribution in [3.05, 3.63) is 71.8 Å². The van der Waals surface area contributed by atoms with Crippen LogP contribution in [0.5, 0.6) is 0 Å². The van der Waals surface area contributed by atoms with E-state index < -0.39 is 0 Å². The van der Waals surface area contributed by atoms with Crippen LogP contribution < -0.4 is 11.5 Å². The second kappa shape index (κ2) is 9.23. The molecule has 0 saturated carbocycles. The topological polar surface area (TPSA) is 69.1 Å². The van der Waals surface area contributed by atoms with Crippen LogP contribution in [0.15, 0.2) is 60.7 Å². The SMILES string of the molecule is NCCC[C@H](N)CCC(=O)C(c1ccccc1)c1ccccc1. The highest BCUT2D eigenvalue weighted by Crippen LogP contribution is 2.27. The fourth-order valence-corrected chi connectivity index (χ4v) is 2.85. The number of benzene rings is 2. The smallest absolute Gasteiger partial charge is 0.144 e. The van der Waals surface area contributed by atoms with Gasteiger partial charge in [-0.1, -0.05) is 60.7 Å². The lowest BCUT2D eigenvalue weighted by Gasteiger charge is -2.18. The van der Waals surface area contributed by atoms with Crippen molar-refractivity contribution in [2.24, 2.45) is 11.5 Å². The molecule has 0 unspecified atom stereocenters. The van der Waals surface area contributed by atoms with E-state index in [1.54, 1.807) is 0 Å². The monoisotopic (exact) mass is 310 g/mol. The Balaban J connectivity index is 2.10. The predicted molar refractivity (Wildman–Crippen MR) is 95.2 cm³/mol. The first-order valence-corrected chi connectivity index (χ1v) is 8.30. The number of hydrogen-bond donors (Lipinski definition) is 2. The summed E-state index contributed by atoms with van der Waals surface area (Å²) in [5, 5.41) is 0. The summed E-state index contributed by atoms with van der Waals surface area (Å²) in [5.74, 6) is 0.0182. The molecule has 0 aromatic heterocycles. The van der Waals surface area contributed by atoms with E-state index in [1.807, 2.05) is 60.7 Å². The van der Waals surface area contributed by atoms with Crippen molar-refractivity contribution in [3.63, 3.8) is 0 Å². The molecule has 0 saturated heterocycles. The average Bonchev–Trinajstić information content (AvgIpc) is 2.60. The molecule has 0 aliphatic carbocycles. The Morgan fingerprint density at radius 2 is 1.39 bits per heavy atom. The summed E-state index contributed by atoms with van der Waals surface area (Å²) in [6.45, 7) is 0.651. The number of rotatable bonds is 9. The zero-order chi connectivity index (χ0) is 16.5. The number of carbonyl (C=O) groups excluding carboxylic acids is 1. The number of hydrogen-bond acceptors (Lipinski definition) is 3. The molecular weight excluding hydrogens is 284 g/mol. The molecule has 3 nitrogen and oxygen atoms in total. The third-order valence-electron chi connectivity index (χ3n) is 4.13. The van der Waals surface area contributed by atoms with Crippen molar-refractivity contribution in [1.82, 2.24) is 0 Å². The van der Waals surface area contributed by atoms with E-state index in [2.05, 4.69) is 0 Å². The molecule has 0 heterocycles. The molecule has 1 atom stereocenters. The zero-order valence-electron chi connectivity index (χ0n) is 13.5. The number of ketones is 1. The summed E-state index contributed by atoms with van der Waals surface area (Å²) in [4.78, 5) is 12.8. The Morgan fingerprint density at radius 3 is 1.87 bits per heavy atom. The summed E-state index contributed by atoms with van der Waals surface area (Å²) in [6, 6.07) is 20.0. The molecule has 0 bridgehead atoms. The van der Waals surface area contributed by atoms with Gasteiger partial charge in [0.2, 0.25) is 0 Å². The van der Waals surface area contributed by atoms with Crippen LogP contribution in [0.2, 0.25) is 0 Å². The Morgan fingerprint density at radius 1 is 0.870 bits per heavy atom. The molecule has 0 radical (unpaired) electrons. The second-order valence-corrected chi connectivity index (χ2v) is 5.95. The fraction of sp³-hybridized carbons (Fsp3) is 0.350. The second-order valence-electron chi connectivity index (χ2n) is 5.95. The Hall–Kier alpha value is -1.97. The van der Waals surface area contributed by atoms with Crippen LogP contribution in [-0.4, -0.2) is 18.4 Å². The van der Waals surface area contributed by atoms with Gasteiger partial charge in [-0.25, -0.2) is 0 Å². The van der Waals surface area contributed by atoms with Gasteiger partial charge >= 0.3 is 0 Å². The van der Waals surface area contributed by atoms with Crippen LogP contribution >= 0.6 is 0 Å². The van der Waals surface area contributed by atoms with Crippen molar-refractivity contribution in [1.29, 1.82) is 0 Å². The maximum absolute atomic E-state index is 12.8. The average molecular weight is 310 g/mol. The first-order chi connectivity index (χ1) is 11.2. The lowest BCUT2D eigenvalue weighted by Crippen LogP contribution is -2.24. The molecule has 23 heavy (non-hydrogen) atoms. The molecule has 2 aromatic rings. The standard InChI is InChI=1S/C20H26N2O/c21-15-7-12-18(22)13-14-19(23)20(16-8-3-1-4-9-16)17-10-5-2-6-11-17/h1-6,8-11,18,20H,7,12-15,21-22H2/t18-/m0/s1. The highest BCUT2D eigenvalue weighted by Gasteiger charge is 2.22. The van der Waals surface area contributed by atoms with Crippen molar-refractivity contribution < 1.29 is 4.79 Å². The van der Waals surface area contributed by atoms with Crippen LogP contribution in [0.1, 0.15) is 42.7 Å². The van der Waals surface area contributed by atoms with Crippen LogP contribution in [-0.2, 0) is 4.79 Å². The molecule has 0 spiro atoms. The van der Waals surface area contributed by atoms with Crippen LogP contribution in [0.4, 0.5) is 0 Å². The highest BCUT2D eigenvalue weighted by molar-refractivity contribution is 5.89. The number of nitrogens with two attached hydrogens (primary N) is 2. The van der Waals surface area contributed by atoms with Gasteiger partial charge in [0.05, 0.1) is 5.92 Å². The van der Waals surface area contributed by atoms with Crippen molar-refractivity contribution in [3.8, 4) is 0 Å². The molecule has 3 heteroatoms. The number of carbonyl (C=O) groups is 1. The maximum Gasteiger partial charge on any atom is 0.144 e. The van der Waals surface area contributed by atoms with Crippen molar-refractivity contribution >= 4 is 5.78 Å². The minimum atomic E-state index is -0.209. The molecule has 2 aromatic carbocycles. The van der Waals surface area contributed by atoms with Crippen molar-refractivity contribution in [2.45, 2.75) is 37.6 Å². The third kappa shape index (κ3) is 5.31. The van der Waals surface area contributed by atoms with E-state index in [4.69, 9.17) is 11.5 Å². The normalized spacial score (nSPS) is 12.3. The van der Waals surface area contributed by atoms with E-state index in [-0.39, 0.29) is 17.7 Å². The first kappa shape index (κ1) is 17.4. The quantitative estimate of drug-likeness (QED) is 0.747. The van der Waals surface area contributed by atoms with Gasteiger partial charge in [0.1, 0.15) is 5.78 Å². The van der Waals surface area contributed by atoms with Gasteiger partial charge in [0.15, 0.2) is 0 Å². The summed E-state index contributed by atoms with van der Waals surface area (Å²) >= 11 is 0. The minimum absolute atomic E-state index is 0.0506. The van der Waals surface area contributed by atoms with Crippen LogP contribution in [0.3, 0.4) is 0 Å². The summed E-state index contributed by atoms with van der Waals surface area (Å²) < 4.78 is 0. The number of Topliss-reactive ketones (excluding diaryl/α,β-unsaturated/α-hetero) is 1. The fourth-order valence-electron chi connectivity index (χ4n) is 2.85. The van der Waals surface area contributed by atoms with Gasteiger partial charge in [-0.15, -0.1) is 0 Å². The van der Waals surface area contributed by atoms with Gasteiger partial charge in [-0.2, -0.15) is 0 Å². The minimum Gasteiger partial charge on any atom is -0.330 e. The molecule has 0 amide bonds. The molecule has 122 valence electrons. The van der Waals surface area contributed by atoms with E-state index >= 15 is 0 Å². The van der Waals surface area contributed by atoms with Gasteiger partial charge in [-0.3, -0.25) is 4.79 Å². The van der Waals surface area contributed by atoms with Crippen molar-refractivity contribution in [2.75, 3.05) is 6.54 Å². The van der Waals surface area contributed by atoms with Gasteiger partial charge in [0, 0.05) is 12.5 Å². The highest BCUT2D eigenvalue weighted by atomic mass is 16.1. The Kier molecular flexibility index (Phi) is 6.98. The maximum atomic E-state index is 12.8. The predicted octanol–water partition coefficient (Wildman–Crippen LogP) is 3.23. The molecule has 4 N–H and O–H groups in total. The molecule has 0 fully saturated rings. The lowest BCUT2D eigenvalue weighted by molar-refractivity contribution is -0.119. The molecule has 0 aliphatic heterocycles. The van der Waals surface area contributed by atoms with Gasteiger partial charge in [0.25, 0.3) is 0 Å². The van der Waals surface area contributed by atoms with Gasteiger partial charge < -0.3 is 11.5 Å².